The number of aliphatic hydroxyl groups is 1. The molecule has 10 nitrogen and oxygen atoms in total. The first-order valence-corrected chi connectivity index (χ1v) is 14.7. The summed E-state index contributed by atoms with van der Waals surface area (Å²) < 4.78 is 31.6. The number of hydrogen-bond acceptors (Lipinski definition) is 9. The van der Waals surface area contributed by atoms with Crippen LogP contribution >= 0.6 is 25.8 Å². The fraction of sp³-hybridized carbons (Fsp3) is 0.333. The Morgan fingerprint density at radius 3 is 3.06 bits per heavy atom. The molecule has 0 bridgehead atoms. The summed E-state index contributed by atoms with van der Waals surface area (Å²) in [6.07, 6.45) is 0.295. The Kier molecular flexibility index (Phi) is 4.77. The summed E-state index contributed by atoms with van der Waals surface area (Å²) in [6.45, 7) is 1.59. The Bertz CT molecular complexity index is 1270. The van der Waals surface area contributed by atoms with Crippen molar-refractivity contribution in [1.82, 2.24) is 19.5 Å². The normalized spacial score (nSPS) is 34.0. The predicted molar refractivity (Wildman–Crippen MR) is 126 cm³/mol. The van der Waals surface area contributed by atoms with Gasteiger partial charge in [0, 0.05) is 0 Å². The van der Waals surface area contributed by atoms with Crippen molar-refractivity contribution in [2.45, 2.75) is 31.0 Å². The fourth-order valence-electron chi connectivity index (χ4n) is 3.75. The first-order valence-electron chi connectivity index (χ1n) is 10.1. The molecule has 0 radical (unpaired) electrons. The minimum absolute atomic E-state index is 0.0420. The molecule has 2 saturated heterocycles. The van der Waals surface area contributed by atoms with E-state index in [9.17, 15) is 9.90 Å². The molecule has 1 amide bonds. The minimum atomic E-state index is -3.09. The van der Waals surface area contributed by atoms with Gasteiger partial charge < -0.3 is 0 Å². The molecular weight excluding hydrogens is 556 g/mol. The van der Waals surface area contributed by atoms with Gasteiger partial charge in [-0.1, -0.05) is 18.2 Å². The number of carbonyl (C=O) groups excluding carboxylic acids is 1. The number of anilines is 1. The number of ether oxygens (including phenoxy) is 1. The third-order valence-corrected chi connectivity index (χ3v) is 8.26. The van der Waals surface area contributed by atoms with Crippen LogP contribution in [-0.4, -0.2) is 56.1 Å². The molecule has 5 rings (SSSR count). The van der Waals surface area contributed by atoms with E-state index in [0.29, 0.717) is 16.7 Å². The third kappa shape index (κ3) is 3.80. The Hall–Kier alpha value is -1.54. The average molecular weight is 578 g/mol. The Morgan fingerprint density at radius 1 is 1.48 bits per heavy atom. The summed E-state index contributed by atoms with van der Waals surface area (Å²) in [6, 6.07) is 8.70. The molecule has 31 heavy (non-hydrogen) atoms. The van der Waals surface area contributed by atoms with Gasteiger partial charge in [0.25, 0.3) is 0 Å². The molecule has 0 aliphatic carbocycles. The summed E-state index contributed by atoms with van der Waals surface area (Å²) in [5, 5.41) is 14.1. The standard InChI is InChI=1S/C18H19IN5O5PS/c1-18(26)13-11(7-27-30(19,31)29-13)28-17(18)24-9-22-12-14(20-8-21-15(12)24)23-16(25)10-5-3-2-4-6-10/h2-6,8-9,11,13,17,26H,7,19H2,1H3,(H,20,21,23,25)/t11-,13?,17-,18+,30?/m1/s1/i19TD. The second kappa shape index (κ2) is 7.80. The van der Waals surface area contributed by atoms with Crippen LogP contribution in [0.3, 0.4) is 0 Å². The molecule has 164 valence electrons. The van der Waals surface area contributed by atoms with E-state index in [2.05, 4.69) is 20.3 Å². The average Bonchev–Trinajstić information content (AvgIpc) is 3.33. The van der Waals surface area contributed by atoms with E-state index in [1.807, 2.05) is 6.07 Å². The van der Waals surface area contributed by atoms with Crippen LogP contribution in [0.15, 0.2) is 43.0 Å². The molecule has 0 saturated carbocycles. The van der Waals surface area contributed by atoms with E-state index < -0.39 is 49.8 Å². The van der Waals surface area contributed by atoms with Crippen LogP contribution in [0.5, 0.6) is 0 Å². The van der Waals surface area contributed by atoms with Crippen LogP contribution in [0, 0.1) is 0 Å². The number of imidazole rings is 1. The SMILES string of the molecule is [2H]I([3H])P1(=S)OC[C@H]2O[C@@H](n3cnc4c(NC(=O)c5ccccc5)ncnc43)[C@@](C)(O)C2O1. The van der Waals surface area contributed by atoms with Crippen molar-refractivity contribution in [1.29, 1.82) is 1.19 Å². The van der Waals surface area contributed by atoms with Gasteiger partial charge in [-0.15, -0.1) is 0 Å². The maximum absolute atomic E-state index is 12.6. The summed E-state index contributed by atoms with van der Waals surface area (Å²) in [5.41, 5.74) is -0.429. The molecule has 2 aliphatic rings. The number of aromatic nitrogens is 4. The summed E-state index contributed by atoms with van der Waals surface area (Å²) in [4.78, 5) is 25.3. The van der Waals surface area contributed by atoms with E-state index in [1.165, 1.54) is 17.2 Å². The number of benzene rings is 1. The Morgan fingerprint density at radius 2 is 2.29 bits per heavy atom. The number of carbonyl (C=O) groups is 1. The molecule has 0 spiro atoms. The van der Waals surface area contributed by atoms with Gasteiger partial charge >= 0.3 is 166 Å². The molecule has 5 atom stereocenters. The molecule has 2 unspecified atom stereocenters. The summed E-state index contributed by atoms with van der Waals surface area (Å²) >= 11 is 2.24. The van der Waals surface area contributed by atoms with Crippen molar-refractivity contribution in [3.05, 3.63) is 48.5 Å². The van der Waals surface area contributed by atoms with Crippen molar-refractivity contribution in [3.8, 4) is 0 Å². The number of amides is 1. The van der Waals surface area contributed by atoms with Gasteiger partial charge in [0.05, 0.1) is 0 Å². The van der Waals surface area contributed by atoms with Crippen LogP contribution in [0.2, 0.25) is 0 Å². The zero-order valence-electron chi connectivity index (χ0n) is 18.1. The maximum atomic E-state index is 12.6. The molecule has 13 heteroatoms. The van der Waals surface area contributed by atoms with E-state index >= 15 is 0 Å². The van der Waals surface area contributed by atoms with Gasteiger partial charge in [0.1, 0.15) is 0 Å². The van der Waals surface area contributed by atoms with E-state index in [-0.39, 0.29) is 18.3 Å². The zero-order valence-corrected chi connectivity index (χ0v) is 20.0. The molecular formula is C18H19IN5O5PS. The van der Waals surface area contributed by atoms with Gasteiger partial charge in [-0.3, -0.25) is 0 Å². The quantitative estimate of drug-likeness (QED) is 0.355. The van der Waals surface area contributed by atoms with Crippen LogP contribution in [0.4, 0.5) is 5.82 Å². The van der Waals surface area contributed by atoms with E-state index in [0.717, 1.165) is 0 Å². The van der Waals surface area contributed by atoms with Gasteiger partial charge in [-0.2, -0.15) is 0 Å². The van der Waals surface area contributed by atoms with Crippen molar-refractivity contribution >= 4 is 60.5 Å². The van der Waals surface area contributed by atoms with E-state index in [4.69, 9.17) is 26.8 Å². The summed E-state index contributed by atoms with van der Waals surface area (Å²) in [5.74, 6) is -0.127. The topological polar surface area (TPSA) is 121 Å². The molecule has 3 aromatic rings. The second-order valence-corrected chi connectivity index (χ2v) is 15.9. The molecule has 4 heterocycles. The van der Waals surface area contributed by atoms with Crippen LogP contribution < -0.4 is 5.32 Å². The number of nitrogens with one attached hydrogen (secondary N) is 1. The number of halogens is 1. The number of fused-ring (bicyclic) bond motifs is 2. The molecule has 1 aromatic carbocycles. The van der Waals surface area contributed by atoms with Crippen molar-refractivity contribution < 1.29 is 23.7 Å². The van der Waals surface area contributed by atoms with Crippen LogP contribution in [0.1, 0.15) is 23.5 Å². The molecule has 2 fully saturated rings. The number of nitrogens with zero attached hydrogens (tertiary/aromatic N) is 4. The van der Waals surface area contributed by atoms with Gasteiger partial charge in [0.15, 0.2) is 0 Å². The van der Waals surface area contributed by atoms with Gasteiger partial charge in [-0.05, 0) is 12.1 Å². The Labute approximate surface area is 195 Å². The van der Waals surface area contributed by atoms with Gasteiger partial charge in [0.2, 0.25) is 0 Å². The number of hydrogen-bond donors (Lipinski definition) is 2. The summed E-state index contributed by atoms with van der Waals surface area (Å²) in [7, 11) is 0. The molecule has 2 N–H and O–H groups in total. The first kappa shape index (κ1) is 19.0. The fourth-order valence-corrected chi connectivity index (χ4v) is 6.44. The third-order valence-electron chi connectivity index (χ3n) is 5.23. The van der Waals surface area contributed by atoms with Crippen molar-refractivity contribution in [3.63, 3.8) is 0 Å². The molecule has 2 aromatic heterocycles. The second-order valence-electron chi connectivity index (χ2n) is 7.37. The van der Waals surface area contributed by atoms with Crippen molar-refractivity contribution in [2.24, 2.45) is 0 Å². The molecule has 2 aliphatic heterocycles. The zero-order chi connectivity index (χ0) is 23.4. The predicted octanol–water partition coefficient (Wildman–Crippen LogP) is 2.27. The Balaban J connectivity index is 1.46. The van der Waals surface area contributed by atoms with Gasteiger partial charge in [-0.25, -0.2) is 0 Å². The monoisotopic (exact) mass is 578 g/mol. The number of rotatable bonds is 4. The first-order chi connectivity index (χ1) is 15.7. The van der Waals surface area contributed by atoms with Crippen molar-refractivity contribution in [2.75, 3.05) is 11.9 Å². The van der Waals surface area contributed by atoms with E-state index in [1.54, 1.807) is 31.2 Å². The van der Waals surface area contributed by atoms with Crippen LogP contribution in [0.25, 0.3) is 11.2 Å². The van der Waals surface area contributed by atoms with Crippen LogP contribution in [-0.2, 0) is 25.6 Å².